The first-order valence-electron chi connectivity index (χ1n) is 7.33. The Labute approximate surface area is 124 Å². The van der Waals surface area contributed by atoms with Gasteiger partial charge >= 0.3 is 0 Å². The van der Waals surface area contributed by atoms with Crippen LogP contribution < -0.4 is 0 Å². The highest BCUT2D eigenvalue weighted by Gasteiger charge is 2.35. The number of fused-ring (bicyclic) bond motifs is 1. The molecule has 1 saturated heterocycles. The molecule has 2 heterocycles. The van der Waals surface area contributed by atoms with E-state index in [2.05, 4.69) is 4.99 Å². The minimum Gasteiger partial charge on any atom is -0.303 e. The number of benzene rings is 1. The highest BCUT2D eigenvalue weighted by molar-refractivity contribution is 6.17. The van der Waals surface area contributed by atoms with Crippen molar-refractivity contribution in [1.82, 2.24) is 4.90 Å². The molecule has 0 aliphatic carbocycles. The summed E-state index contributed by atoms with van der Waals surface area (Å²) in [5, 5.41) is 0. The van der Waals surface area contributed by atoms with Gasteiger partial charge in [0.15, 0.2) is 0 Å². The topological polar surface area (TPSA) is 49.7 Å². The second-order valence-corrected chi connectivity index (χ2v) is 5.61. The van der Waals surface area contributed by atoms with E-state index >= 15 is 0 Å². The molecule has 0 radical (unpaired) electrons. The Kier molecular flexibility index (Phi) is 3.69. The zero-order chi connectivity index (χ0) is 14.8. The number of carbonyl (C=O) groups is 2. The number of hydrogen-bond donors (Lipinski definition) is 0. The van der Waals surface area contributed by atoms with Crippen LogP contribution in [0.3, 0.4) is 0 Å². The van der Waals surface area contributed by atoms with Crippen LogP contribution in [0, 0.1) is 12.8 Å². The zero-order valence-corrected chi connectivity index (χ0v) is 12.1. The number of aldehydes is 1. The van der Waals surface area contributed by atoms with Crippen LogP contribution in [0.2, 0.25) is 0 Å². The molecule has 0 N–H and O–H groups in total. The second kappa shape index (κ2) is 5.64. The zero-order valence-electron chi connectivity index (χ0n) is 12.1. The highest BCUT2D eigenvalue weighted by atomic mass is 16.2. The quantitative estimate of drug-likeness (QED) is 0.618. The maximum Gasteiger partial charge on any atom is 0.277 e. The summed E-state index contributed by atoms with van der Waals surface area (Å²) in [6.07, 6.45) is 5.38. The number of amides is 1. The van der Waals surface area contributed by atoms with Crippen LogP contribution in [-0.4, -0.2) is 29.5 Å². The molecule has 4 heteroatoms. The van der Waals surface area contributed by atoms with E-state index in [0.29, 0.717) is 18.1 Å². The van der Waals surface area contributed by atoms with Gasteiger partial charge in [0.25, 0.3) is 5.91 Å². The van der Waals surface area contributed by atoms with Crippen molar-refractivity contribution >= 4 is 24.1 Å². The van der Waals surface area contributed by atoms with Gasteiger partial charge in [0.1, 0.15) is 17.8 Å². The number of carbonyl (C=O) groups excluding carboxylic acids is 2. The SMILES string of the molecule is Cc1ccc(/C=C2\N=C3C(C=O)CCCCN3C2=O)cc1. The van der Waals surface area contributed by atoms with Gasteiger partial charge in [-0.2, -0.15) is 0 Å². The number of aliphatic imine (C=N–C) groups is 1. The van der Waals surface area contributed by atoms with Crippen molar-refractivity contribution in [2.75, 3.05) is 6.54 Å². The highest BCUT2D eigenvalue weighted by Crippen LogP contribution is 2.26. The Morgan fingerprint density at radius 2 is 2.00 bits per heavy atom. The van der Waals surface area contributed by atoms with Crippen molar-refractivity contribution in [2.24, 2.45) is 10.9 Å². The minimum absolute atomic E-state index is 0.0840. The van der Waals surface area contributed by atoms with E-state index in [1.165, 1.54) is 5.56 Å². The third-order valence-corrected chi connectivity index (χ3v) is 4.00. The van der Waals surface area contributed by atoms with Crippen LogP contribution in [0.1, 0.15) is 30.4 Å². The summed E-state index contributed by atoms with van der Waals surface area (Å²) >= 11 is 0. The smallest absolute Gasteiger partial charge is 0.277 e. The Balaban J connectivity index is 1.95. The van der Waals surface area contributed by atoms with Gasteiger partial charge < -0.3 is 4.79 Å². The molecule has 1 amide bonds. The Hall–Kier alpha value is -2.23. The molecular formula is C17H18N2O2. The van der Waals surface area contributed by atoms with E-state index in [-0.39, 0.29) is 11.8 Å². The monoisotopic (exact) mass is 282 g/mol. The summed E-state index contributed by atoms with van der Waals surface area (Å²) < 4.78 is 0. The van der Waals surface area contributed by atoms with E-state index in [0.717, 1.165) is 31.1 Å². The fourth-order valence-electron chi connectivity index (χ4n) is 2.78. The number of aryl methyl sites for hydroxylation is 1. The molecule has 4 nitrogen and oxygen atoms in total. The number of hydrogen-bond acceptors (Lipinski definition) is 3. The first-order valence-corrected chi connectivity index (χ1v) is 7.33. The summed E-state index contributed by atoms with van der Waals surface area (Å²) in [6.45, 7) is 2.68. The second-order valence-electron chi connectivity index (χ2n) is 5.61. The first kappa shape index (κ1) is 13.7. The molecule has 2 aliphatic heterocycles. The van der Waals surface area contributed by atoms with Crippen LogP contribution in [0.25, 0.3) is 6.08 Å². The van der Waals surface area contributed by atoms with Crippen molar-refractivity contribution in [2.45, 2.75) is 26.2 Å². The third-order valence-electron chi connectivity index (χ3n) is 4.00. The Morgan fingerprint density at radius 1 is 1.24 bits per heavy atom. The normalized spacial score (nSPS) is 23.8. The lowest BCUT2D eigenvalue weighted by molar-refractivity contribution is -0.122. The van der Waals surface area contributed by atoms with Gasteiger partial charge in [-0.05, 0) is 31.4 Å². The van der Waals surface area contributed by atoms with Crippen LogP contribution in [0.15, 0.2) is 35.0 Å². The predicted octanol–water partition coefficient (Wildman–Crippen LogP) is 2.58. The Morgan fingerprint density at radius 3 is 2.71 bits per heavy atom. The standard InChI is InChI=1S/C17H18N2O2/c1-12-5-7-13(8-6-12)10-15-17(21)19-9-3-2-4-14(11-20)16(19)18-15/h5-8,10-11,14H,2-4,9H2,1H3/b15-10-. The molecule has 108 valence electrons. The summed E-state index contributed by atoms with van der Waals surface area (Å²) in [6, 6.07) is 7.95. The lowest BCUT2D eigenvalue weighted by atomic mass is 10.0. The van der Waals surface area contributed by atoms with E-state index in [1.807, 2.05) is 31.2 Å². The van der Waals surface area contributed by atoms with Crippen LogP contribution in [-0.2, 0) is 9.59 Å². The molecule has 0 saturated carbocycles. The van der Waals surface area contributed by atoms with Crippen molar-refractivity contribution < 1.29 is 9.59 Å². The molecule has 0 aromatic heterocycles. The Bertz CT molecular complexity index is 629. The minimum atomic E-state index is -0.250. The average molecular weight is 282 g/mol. The predicted molar refractivity (Wildman–Crippen MR) is 81.7 cm³/mol. The van der Waals surface area contributed by atoms with Crippen molar-refractivity contribution in [3.05, 3.63) is 41.1 Å². The van der Waals surface area contributed by atoms with Gasteiger partial charge in [-0.15, -0.1) is 0 Å². The molecule has 2 aliphatic rings. The van der Waals surface area contributed by atoms with E-state index in [1.54, 1.807) is 11.0 Å². The van der Waals surface area contributed by atoms with Crippen LogP contribution in [0.5, 0.6) is 0 Å². The average Bonchev–Trinajstić information content (AvgIpc) is 2.68. The van der Waals surface area contributed by atoms with Gasteiger partial charge in [-0.3, -0.25) is 9.69 Å². The van der Waals surface area contributed by atoms with Crippen molar-refractivity contribution in [1.29, 1.82) is 0 Å². The summed E-state index contributed by atoms with van der Waals surface area (Å²) in [7, 11) is 0. The summed E-state index contributed by atoms with van der Waals surface area (Å²) in [5.74, 6) is 0.297. The molecule has 1 aromatic carbocycles. The number of rotatable bonds is 2. The van der Waals surface area contributed by atoms with Crippen molar-refractivity contribution in [3.8, 4) is 0 Å². The van der Waals surface area contributed by atoms with Gasteiger partial charge in [-0.1, -0.05) is 36.2 Å². The van der Waals surface area contributed by atoms with E-state index in [9.17, 15) is 9.59 Å². The molecule has 0 spiro atoms. The molecule has 1 fully saturated rings. The molecule has 1 aromatic rings. The van der Waals surface area contributed by atoms with Crippen LogP contribution in [0.4, 0.5) is 0 Å². The third kappa shape index (κ3) is 2.66. The van der Waals surface area contributed by atoms with Gasteiger partial charge in [0, 0.05) is 6.54 Å². The maximum absolute atomic E-state index is 12.5. The fourth-order valence-corrected chi connectivity index (χ4v) is 2.78. The van der Waals surface area contributed by atoms with Gasteiger partial charge in [0.2, 0.25) is 0 Å². The summed E-state index contributed by atoms with van der Waals surface area (Å²) in [5.41, 5.74) is 2.56. The molecule has 21 heavy (non-hydrogen) atoms. The van der Waals surface area contributed by atoms with E-state index in [4.69, 9.17) is 0 Å². The molecule has 0 bridgehead atoms. The number of amidine groups is 1. The lowest BCUT2D eigenvalue weighted by Gasteiger charge is -2.17. The number of nitrogens with zero attached hydrogens (tertiary/aromatic N) is 2. The molecule has 1 atom stereocenters. The fraction of sp³-hybridized carbons (Fsp3) is 0.353. The summed E-state index contributed by atoms with van der Waals surface area (Å²) in [4.78, 5) is 29.8. The lowest BCUT2D eigenvalue weighted by Crippen LogP contribution is -2.35. The molecule has 1 unspecified atom stereocenters. The van der Waals surface area contributed by atoms with Crippen molar-refractivity contribution in [3.63, 3.8) is 0 Å². The molecular weight excluding hydrogens is 264 g/mol. The van der Waals surface area contributed by atoms with Gasteiger partial charge in [0.05, 0.1) is 5.92 Å². The van der Waals surface area contributed by atoms with Crippen LogP contribution >= 0.6 is 0 Å². The molecule has 3 rings (SSSR count). The first-order chi connectivity index (χ1) is 10.2. The van der Waals surface area contributed by atoms with Gasteiger partial charge in [-0.25, -0.2) is 4.99 Å². The van der Waals surface area contributed by atoms with E-state index < -0.39 is 0 Å². The largest absolute Gasteiger partial charge is 0.303 e. The maximum atomic E-state index is 12.5.